The summed E-state index contributed by atoms with van der Waals surface area (Å²) >= 11 is 0. The lowest BCUT2D eigenvalue weighted by atomic mass is 10.1. The Morgan fingerprint density at radius 2 is 1.74 bits per heavy atom. The predicted molar refractivity (Wildman–Crippen MR) is 76.0 cm³/mol. The van der Waals surface area contributed by atoms with Gasteiger partial charge in [0.25, 0.3) is 0 Å². The van der Waals surface area contributed by atoms with Gasteiger partial charge in [-0.25, -0.2) is 0 Å². The van der Waals surface area contributed by atoms with E-state index < -0.39 is 7.14 Å². The molecule has 0 unspecified atom stereocenters. The van der Waals surface area contributed by atoms with E-state index >= 15 is 0 Å². The van der Waals surface area contributed by atoms with Crippen molar-refractivity contribution in [2.45, 2.75) is 11.7 Å². The second-order valence-electron chi connectivity index (χ2n) is 5.00. The van der Waals surface area contributed by atoms with Crippen LogP contribution in [0.4, 0.5) is 0 Å². The van der Waals surface area contributed by atoms with Crippen LogP contribution >= 0.6 is 7.14 Å². The van der Waals surface area contributed by atoms with Crippen LogP contribution < -0.4 is 10.6 Å². The van der Waals surface area contributed by atoms with Gasteiger partial charge >= 0.3 is 0 Å². The Bertz CT molecular complexity index is 711. The van der Waals surface area contributed by atoms with Gasteiger partial charge in [0.15, 0.2) is 7.14 Å². The number of hydrogen-bond acceptors (Lipinski definition) is 3. The molecule has 0 bridgehead atoms. The van der Waals surface area contributed by atoms with Crippen molar-refractivity contribution in [2.75, 3.05) is 6.54 Å². The molecule has 0 amide bonds. The fraction of sp³-hybridized carbons (Fsp3) is 0.200. The van der Waals surface area contributed by atoms with Gasteiger partial charge in [-0.15, -0.1) is 0 Å². The molecule has 0 aromatic heterocycles. The zero-order chi connectivity index (χ0) is 12.9. The molecule has 0 spiro atoms. The van der Waals surface area contributed by atoms with Crippen LogP contribution in [-0.4, -0.2) is 12.2 Å². The highest BCUT2D eigenvalue weighted by atomic mass is 31.2. The first-order valence-corrected chi connectivity index (χ1v) is 8.21. The summed E-state index contributed by atoms with van der Waals surface area (Å²) in [5.74, 6) is 0. The third-order valence-electron chi connectivity index (χ3n) is 4.06. The van der Waals surface area contributed by atoms with E-state index in [2.05, 4.69) is 10.2 Å². The second-order valence-corrected chi connectivity index (χ2v) is 7.98. The van der Waals surface area contributed by atoms with E-state index in [1.807, 2.05) is 54.6 Å². The quantitative estimate of drug-likeness (QED) is 0.733. The van der Waals surface area contributed by atoms with Crippen molar-refractivity contribution in [3.8, 4) is 0 Å². The molecular formula is C15H13N2OP. The SMILES string of the molecule is O=[P@@]1(c2ccccc2)c2ccccc2[C@H]2N=NC[C@H]21. The summed E-state index contributed by atoms with van der Waals surface area (Å²) in [4.78, 5) is 0. The van der Waals surface area contributed by atoms with E-state index in [1.165, 1.54) is 0 Å². The summed E-state index contributed by atoms with van der Waals surface area (Å²) in [6, 6.07) is 17.8. The monoisotopic (exact) mass is 268 g/mol. The molecule has 2 aromatic rings. The average molecular weight is 268 g/mol. The third kappa shape index (κ3) is 1.36. The Labute approximate surface area is 111 Å². The standard InChI is InChI=1S/C15H13N2OP/c18-19(11-6-2-1-3-7-11)13-9-5-4-8-12(13)15-14(19)10-16-17-15/h1-9,14-15H,10H2/t14-,15-,19+/m1/s1. The highest BCUT2D eigenvalue weighted by molar-refractivity contribution is 7.80. The second kappa shape index (κ2) is 3.88. The van der Waals surface area contributed by atoms with Crippen molar-refractivity contribution >= 4 is 17.8 Å². The van der Waals surface area contributed by atoms with Crippen LogP contribution in [0.2, 0.25) is 0 Å². The van der Waals surface area contributed by atoms with Gasteiger partial charge in [-0.1, -0.05) is 54.6 Å². The fourth-order valence-corrected chi connectivity index (χ4v) is 6.63. The molecule has 19 heavy (non-hydrogen) atoms. The minimum atomic E-state index is -2.60. The largest absolute Gasteiger partial charge is 0.313 e. The molecule has 4 rings (SSSR count). The van der Waals surface area contributed by atoms with E-state index in [1.54, 1.807) is 0 Å². The first-order valence-electron chi connectivity index (χ1n) is 6.43. The summed E-state index contributed by atoms with van der Waals surface area (Å²) in [6.07, 6.45) is 0. The number of rotatable bonds is 1. The summed E-state index contributed by atoms with van der Waals surface area (Å²) in [5.41, 5.74) is 1.12. The number of azo groups is 1. The van der Waals surface area contributed by atoms with Gasteiger partial charge in [0.1, 0.15) is 6.04 Å². The molecule has 3 nitrogen and oxygen atoms in total. The Kier molecular flexibility index (Phi) is 2.27. The molecule has 2 aromatic carbocycles. The van der Waals surface area contributed by atoms with Crippen molar-refractivity contribution in [3.05, 3.63) is 60.2 Å². The molecule has 3 atom stereocenters. The first-order chi connectivity index (χ1) is 9.32. The van der Waals surface area contributed by atoms with Crippen LogP contribution in [0.5, 0.6) is 0 Å². The van der Waals surface area contributed by atoms with Crippen molar-refractivity contribution < 1.29 is 4.57 Å². The molecule has 0 fully saturated rings. The zero-order valence-corrected chi connectivity index (χ0v) is 11.2. The minimum Gasteiger partial charge on any atom is -0.313 e. The number of hydrogen-bond donors (Lipinski definition) is 0. The lowest BCUT2D eigenvalue weighted by Gasteiger charge is -2.19. The predicted octanol–water partition coefficient (Wildman–Crippen LogP) is 2.89. The van der Waals surface area contributed by atoms with E-state index in [4.69, 9.17) is 0 Å². The van der Waals surface area contributed by atoms with Crippen molar-refractivity contribution in [2.24, 2.45) is 10.2 Å². The molecule has 0 aliphatic carbocycles. The van der Waals surface area contributed by atoms with Crippen LogP contribution in [0, 0.1) is 0 Å². The normalized spacial score (nSPS) is 31.2. The average Bonchev–Trinajstić information content (AvgIpc) is 3.04. The van der Waals surface area contributed by atoms with Crippen molar-refractivity contribution in [1.82, 2.24) is 0 Å². The third-order valence-corrected chi connectivity index (χ3v) is 7.63. The maximum atomic E-state index is 13.7. The van der Waals surface area contributed by atoms with Gasteiger partial charge in [0, 0.05) is 10.6 Å². The minimum absolute atomic E-state index is 0.0118. The molecular weight excluding hydrogens is 255 g/mol. The van der Waals surface area contributed by atoms with Gasteiger partial charge in [-0.2, -0.15) is 10.2 Å². The van der Waals surface area contributed by atoms with Crippen molar-refractivity contribution in [1.29, 1.82) is 0 Å². The van der Waals surface area contributed by atoms with Crippen molar-refractivity contribution in [3.63, 3.8) is 0 Å². The zero-order valence-electron chi connectivity index (χ0n) is 10.3. The fourth-order valence-electron chi connectivity index (χ4n) is 3.18. The van der Waals surface area contributed by atoms with Gasteiger partial charge in [0.05, 0.1) is 12.2 Å². The van der Waals surface area contributed by atoms with Gasteiger partial charge in [-0.05, 0) is 5.56 Å². The maximum absolute atomic E-state index is 13.7. The molecule has 2 aliphatic rings. The summed E-state index contributed by atoms with van der Waals surface area (Å²) in [7, 11) is -2.60. The van der Waals surface area contributed by atoms with Crippen LogP contribution in [0.1, 0.15) is 11.6 Å². The lowest BCUT2D eigenvalue weighted by molar-refractivity contribution is 0.577. The van der Waals surface area contributed by atoms with E-state index in [-0.39, 0.29) is 11.7 Å². The highest BCUT2D eigenvalue weighted by Gasteiger charge is 2.51. The van der Waals surface area contributed by atoms with Gasteiger partial charge in [-0.3, -0.25) is 0 Å². The summed E-state index contributed by atoms with van der Waals surface area (Å²) in [6.45, 7) is 0.575. The Morgan fingerprint density at radius 1 is 1.00 bits per heavy atom. The van der Waals surface area contributed by atoms with Crippen LogP contribution in [0.25, 0.3) is 0 Å². The van der Waals surface area contributed by atoms with Gasteiger partial charge in [0.2, 0.25) is 0 Å². The molecule has 0 saturated carbocycles. The molecule has 0 N–H and O–H groups in total. The van der Waals surface area contributed by atoms with Crippen LogP contribution in [-0.2, 0) is 4.57 Å². The molecule has 0 radical (unpaired) electrons. The Hall–Kier alpha value is -1.73. The van der Waals surface area contributed by atoms with E-state index in [0.29, 0.717) is 6.54 Å². The molecule has 2 heterocycles. The molecule has 4 heteroatoms. The topological polar surface area (TPSA) is 41.8 Å². The maximum Gasteiger partial charge on any atom is 0.150 e. The van der Waals surface area contributed by atoms with Crippen LogP contribution in [0.3, 0.4) is 0 Å². The molecule has 2 aliphatic heterocycles. The number of nitrogens with zero attached hydrogens (tertiary/aromatic N) is 2. The van der Waals surface area contributed by atoms with E-state index in [0.717, 1.165) is 16.2 Å². The molecule has 94 valence electrons. The first kappa shape index (κ1) is 11.1. The summed E-state index contributed by atoms with van der Waals surface area (Å²) in [5, 5.41) is 10.4. The smallest absolute Gasteiger partial charge is 0.150 e. The Balaban J connectivity index is 2.01. The highest BCUT2D eigenvalue weighted by Crippen LogP contribution is 2.61. The molecule has 0 saturated heterocycles. The lowest BCUT2D eigenvalue weighted by Crippen LogP contribution is -2.21. The van der Waals surface area contributed by atoms with E-state index in [9.17, 15) is 4.57 Å². The van der Waals surface area contributed by atoms with Gasteiger partial charge < -0.3 is 4.57 Å². The van der Waals surface area contributed by atoms with Crippen LogP contribution in [0.15, 0.2) is 64.8 Å². The number of fused-ring (bicyclic) bond motifs is 3. The number of benzene rings is 2. The Morgan fingerprint density at radius 3 is 2.58 bits per heavy atom. The summed E-state index contributed by atoms with van der Waals surface area (Å²) < 4.78 is 13.7.